The highest BCUT2D eigenvalue weighted by atomic mass is 16.2. The van der Waals surface area contributed by atoms with Crippen LogP contribution in [-0.2, 0) is 9.59 Å². The van der Waals surface area contributed by atoms with Crippen LogP contribution in [0, 0.1) is 0 Å². The summed E-state index contributed by atoms with van der Waals surface area (Å²) < 4.78 is 0. The first-order valence-electron chi connectivity index (χ1n) is 6.66. The van der Waals surface area contributed by atoms with Gasteiger partial charge in [-0.05, 0) is 24.8 Å². The largest absolute Gasteiger partial charge is 0.357 e. The summed E-state index contributed by atoms with van der Waals surface area (Å²) >= 11 is 0. The number of carbonyl (C=O) groups is 2. The molecule has 0 unspecified atom stereocenters. The molecule has 0 aliphatic heterocycles. The van der Waals surface area contributed by atoms with Crippen molar-refractivity contribution >= 4 is 11.8 Å². The SMILES string of the molecule is CNC(=O)[C@]1(NC(C)=O)CCC[C@H]1c1ccccc1. The topological polar surface area (TPSA) is 58.2 Å². The summed E-state index contributed by atoms with van der Waals surface area (Å²) in [6.45, 7) is 1.46. The Bertz CT molecular complexity index is 472. The van der Waals surface area contributed by atoms with Gasteiger partial charge in [-0.2, -0.15) is 0 Å². The molecule has 2 atom stereocenters. The van der Waals surface area contributed by atoms with Crippen molar-refractivity contribution in [2.45, 2.75) is 37.6 Å². The van der Waals surface area contributed by atoms with Crippen molar-refractivity contribution in [2.75, 3.05) is 7.05 Å². The standard InChI is InChI=1S/C15H20N2O2/c1-11(18)17-15(14(19)16-2)10-6-9-13(15)12-7-4-3-5-8-12/h3-5,7-8,13H,6,9-10H2,1-2H3,(H,16,19)(H,17,18)/t13-,15-/m0/s1. The lowest BCUT2D eigenvalue weighted by Crippen LogP contribution is -2.59. The number of likely N-dealkylation sites (N-methyl/N-ethyl adjacent to an activating group) is 1. The minimum Gasteiger partial charge on any atom is -0.357 e. The molecule has 102 valence electrons. The fourth-order valence-corrected chi connectivity index (χ4v) is 3.16. The fraction of sp³-hybridized carbons (Fsp3) is 0.467. The number of rotatable bonds is 3. The second-order valence-electron chi connectivity index (χ2n) is 5.09. The van der Waals surface area contributed by atoms with Crippen molar-refractivity contribution in [3.8, 4) is 0 Å². The molecule has 2 rings (SSSR count). The zero-order valence-corrected chi connectivity index (χ0v) is 11.4. The van der Waals surface area contributed by atoms with Gasteiger partial charge in [-0.3, -0.25) is 9.59 Å². The van der Waals surface area contributed by atoms with Crippen LogP contribution in [0.15, 0.2) is 30.3 Å². The molecular formula is C15H20N2O2. The van der Waals surface area contributed by atoms with Crippen molar-refractivity contribution in [1.29, 1.82) is 0 Å². The van der Waals surface area contributed by atoms with E-state index in [0.29, 0.717) is 6.42 Å². The molecular weight excluding hydrogens is 240 g/mol. The van der Waals surface area contributed by atoms with E-state index in [9.17, 15) is 9.59 Å². The van der Waals surface area contributed by atoms with Gasteiger partial charge in [0.2, 0.25) is 11.8 Å². The Labute approximate surface area is 113 Å². The monoisotopic (exact) mass is 260 g/mol. The van der Waals surface area contributed by atoms with E-state index in [4.69, 9.17) is 0 Å². The first kappa shape index (κ1) is 13.6. The molecule has 1 aromatic rings. The van der Waals surface area contributed by atoms with E-state index in [2.05, 4.69) is 10.6 Å². The van der Waals surface area contributed by atoms with E-state index in [0.717, 1.165) is 18.4 Å². The Kier molecular flexibility index (Phi) is 3.88. The normalized spacial score (nSPS) is 25.9. The maximum absolute atomic E-state index is 12.3. The summed E-state index contributed by atoms with van der Waals surface area (Å²) in [5.41, 5.74) is 0.305. The molecule has 0 radical (unpaired) electrons. The molecule has 0 bridgehead atoms. The van der Waals surface area contributed by atoms with Gasteiger partial charge in [-0.25, -0.2) is 0 Å². The first-order chi connectivity index (χ1) is 9.10. The van der Waals surface area contributed by atoms with Crippen molar-refractivity contribution < 1.29 is 9.59 Å². The van der Waals surface area contributed by atoms with Gasteiger partial charge in [0.15, 0.2) is 0 Å². The molecule has 1 aliphatic rings. The van der Waals surface area contributed by atoms with Crippen LogP contribution < -0.4 is 10.6 Å². The first-order valence-corrected chi connectivity index (χ1v) is 6.66. The van der Waals surface area contributed by atoms with E-state index in [1.165, 1.54) is 6.92 Å². The average molecular weight is 260 g/mol. The van der Waals surface area contributed by atoms with Crippen LogP contribution in [0.4, 0.5) is 0 Å². The van der Waals surface area contributed by atoms with Crippen molar-refractivity contribution in [3.63, 3.8) is 0 Å². The van der Waals surface area contributed by atoms with Gasteiger partial charge in [-0.1, -0.05) is 30.3 Å². The number of amides is 2. The third-order valence-electron chi connectivity index (χ3n) is 3.89. The minimum absolute atomic E-state index is 0.0394. The van der Waals surface area contributed by atoms with Crippen LogP contribution in [0.5, 0.6) is 0 Å². The average Bonchev–Trinajstić information content (AvgIpc) is 2.82. The lowest BCUT2D eigenvalue weighted by atomic mass is 9.81. The zero-order chi connectivity index (χ0) is 13.9. The molecule has 1 aliphatic carbocycles. The Morgan fingerprint density at radius 3 is 2.53 bits per heavy atom. The highest BCUT2D eigenvalue weighted by Gasteiger charge is 2.49. The van der Waals surface area contributed by atoms with E-state index in [1.807, 2.05) is 30.3 Å². The van der Waals surface area contributed by atoms with Gasteiger partial charge >= 0.3 is 0 Å². The number of carbonyl (C=O) groups excluding carboxylic acids is 2. The van der Waals surface area contributed by atoms with Crippen molar-refractivity contribution in [3.05, 3.63) is 35.9 Å². The van der Waals surface area contributed by atoms with Gasteiger partial charge in [0.1, 0.15) is 5.54 Å². The minimum atomic E-state index is -0.804. The van der Waals surface area contributed by atoms with E-state index in [-0.39, 0.29) is 17.7 Å². The van der Waals surface area contributed by atoms with E-state index >= 15 is 0 Å². The summed E-state index contributed by atoms with van der Waals surface area (Å²) in [7, 11) is 1.62. The van der Waals surface area contributed by atoms with E-state index in [1.54, 1.807) is 7.05 Å². The zero-order valence-electron chi connectivity index (χ0n) is 11.4. The van der Waals surface area contributed by atoms with Gasteiger partial charge in [0, 0.05) is 19.9 Å². The van der Waals surface area contributed by atoms with Crippen molar-refractivity contribution in [1.82, 2.24) is 10.6 Å². The van der Waals surface area contributed by atoms with Crippen LogP contribution in [0.1, 0.15) is 37.7 Å². The summed E-state index contributed by atoms with van der Waals surface area (Å²) in [6.07, 6.45) is 2.54. The molecule has 0 saturated heterocycles. The molecule has 4 heteroatoms. The van der Waals surface area contributed by atoms with Crippen LogP contribution in [-0.4, -0.2) is 24.4 Å². The third-order valence-corrected chi connectivity index (χ3v) is 3.89. The molecule has 1 fully saturated rings. The van der Waals surface area contributed by atoms with Crippen LogP contribution in [0.25, 0.3) is 0 Å². The number of benzene rings is 1. The summed E-state index contributed by atoms with van der Waals surface area (Å²) in [5, 5.41) is 5.60. The Morgan fingerprint density at radius 1 is 1.26 bits per heavy atom. The van der Waals surface area contributed by atoms with E-state index < -0.39 is 5.54 Å². The molecule has 1 aromatic carbocycles. The molecule has 0 aromatic heterocycles. The third kappa shape index (κ3) is 2.48. The summed E-state index contributed by atoms with van der Waals surface area (Å²) in [4.78, 5) is 23.8. The maximum atomic E-state index is 12.3. The van der Waals surface area contributed by atoms with Gasteiger partial charge in [0.05, 0.1) is 0 Å². The Morgan fingerprint density at radius 2 is 1.95 bits per heavy atom. The Balaban J connectivity index is 2.40. The van der Waals surface area contributed by atoms with Gasteiger partial charge in [0.25, 0.3) is 0 Å². The number of hydrogen-bond donors (Lipinski definition) is 2. The molecule has 2 amide bonds. The second kappa shape index (κ2) is 5.43. The molecule has 0 heterocycles. The molecule has 0 spiro atoms. The second-order valence-corrected chi connectivity index (χ2v) is 5.09. The number of nitrogens with one attached hydrogen (secondary N) is 2. The summed E-state index contributed by atoms with van der Waals surface area (Å²) in [6, 6.07) is 9.94. The molecule has 4 nitrogen and oxygen atoms in total. The highest BCUT2D eigenvalue weighted by molar-refractivity contribution is 5.92. The number of hydrogen-bond acceptors (Lipinski definition) is 2. The van der Waals surface area contributed by atoms with Crippen molar-refractivity contribution in [2.24, 2.45) is 0 Å². The predicted molar refractivity (Wildman–Crippen MR) is 73.6 cm³/mol. The molecule has 1 saturated carbocycles. The highest BCUT2D eigenvalue weighted by Crippen LogP contribution is 2.43. The van der Waals surface area contributed by atoms with Crippen LogP contribution >= 0.6 is 0 Å². The fourth-order valence-electron chi connectivity index (χ4n) is 3.16. The predicted octanol–water partition coefficient (Wildman–Crippen LogP) is 1.57. The smallest absolute Gasteiger partial charge is 0.246 e. The van der Waals surface area contributed by atoms with Crippen LogP contribution in [0.3, 0.4) is 0 Å². The van der Waals surface area contributed by atoms with Crippen LogP contribution in [0.2, 0.25) is 0 Å². The van der Waals surface area contributed by atoms with Gasteiger partial charge < -0.3 is 10.6 Å². The lowest BCUT2D eigenvalue weighted by molar-refractivity contribution is -0.133. The van der Waals surface area contributed by atoms with Gasteiger partial charge in [-0.15, -0.1) is 0 Å². The quantitative estimate of drug-likeness (QED) is 0.866. The lowest BCUT2D eigenvalue weighted by Gasteiger charge is -2.34. The molecule has 2 N–H and O–H groups in total. The maximum Gasteiger partial charge on any atom is 0.246 e. The summed E-state index contributed by atoms with van der Waals surface area (Å²) in [5.74, 6) is -0.224. The Hall–Kier alpha value is -1.84. The molecule has 19 heavy (non-hydrogen) atoms.